The summed E-state index contributed by atoms with van der Waals surface area (Å²) in [7, 11) is 3.68. The molecule has 0 radical (unpaired) electrons. The highest BCUT2D eigenvalue weighted by Crippen LogP contribution is 2.09. The van der Waals surface area contributed by atoms with Crippen LogP contribution in [0.15, 0.2) is 16.7 Å². The van der Waals surface area contributed by atoms with Crippen LogP contribution >= 0.6 is 15.9 Å². The van der Waals surface area contributed by atoms with Gasteiger partial charge in [-0.3, -0.25) is 4.79 Å². The zero-order valence-corrected chi connectivity index (χ0v) is 11.7. The summed E-state index contributed by atoms with van der Waals surface area (Å²) in [6.45, 7) is 2.99. The highest BCUT2D eigenvalue weighted by Gasteiger charge is 2.07. The van der Waals surface area contributed by atoms with Crippen LogP contribution in [0.5, 0.6) is 0 Å². The molecule has 1 rings (SSSR count). The van der Waals surface area contributed by atoms with Gasteiger partial charge in [0.15, 0.2) is 0 Å². The largest absolute Gasteiger partial charge is 0.383 e. The van der Waals surface area contributed by atoms with Crippen LogP contribution in [-0.2, 0) is 4.74 Å². The lowest BCUT2D eigenvalue weighted by Crippen LogP contribution is -2.34. The molecule has 0 bridgehead atoms. The van der Waals surface area contributed by atoms with Crippen molar-refractivity contribution in [3.8, 4) is 0 Å². The van der Waals surface area contributed by atoms with Crippen LogP contribution in [0.2, 0.25) is 0 Å². The average Bonchev–Trinajstić information content (AvgIpc) is 2.73. The van der Waals surface area contributed by atoms with E-state index in [9.17, 15) is 4.79 Å². The van der Waals surface area contributed by atoms with Crippen LogP contribution in [0.3, 0.4) is 0 Å². The lowest BCUT2D eigenvalue weighted by Gasteiger charge is -2.15. The van der Waals surface area contributed by atoms with E-state index in [1.54, 1.807) is 19.4 Å². The molecule has 0 saturated carbocycles. The second kappa shape index (κ2) is 7.47. The maximum absolute atomic E-state index is 11.6. The molecule has 1 aromatic heterocycles. The third-order valence-electron chi connectivity index (χ3n) is 2.35. The van der Waals surface area contributed by atoms with Crippen molar-refractivity contribution in [1.29, 1.82) is 0 Å². The van der Waals surface area contributed by atoms with E-state index in [1.807, 2.05) is 7.05 Å². The van der Waals surface area contributed by atoms with Crippen LogP contribution in [0.25, 0.3) is 0 Å². The normalized spacial score (nSPS) is 10.8. The predicted octanol–water partition coefficient (Wildman–Crippen LogP) is 1.09. The number of methoxy groups -OCH3 is 1. The van der Waals surface area contributed by atoms with Gasteiger partial charge in [0.25, 0.3) is 5.91 Å². The number of hydrogen-bond acceptors (Lipinski definition) is 3. The van der Waals surface area contributed by atoms with E-state index in [1.165, 1.54) is 0 Å². The number of ether oxygens (including phenoxy) is 1. The second-order valence-corrected chi connectivity index (χ2v) is 4.70. The molecule has 0 atom stereocenters. The van der Waals surface area contributed by atoms with Crippen LogP contribution in [0, 0.1) is 0 Å². The van der Waals surface area contributed by atoms with Crippen LogP contribution in [0.4, 0.5) is 0 Å². The number of nitrogens with zero attached hydrogens (tertiary/aromatic N) is 1. The first-order chi connectivity index (χ1) is 8.13. The number of hydrogen-bond donors (Lipinski definition) is 2. The average molecular weight is 304 g/mol. The van der Waals surface area contributed by atoms with Gasteiger partial charge in [-0.1, -0.05) is 0 Å². The van der Waals surface area contributed by atoms with Crippen molar-refractivity contribution in [2.24, 2.45) is 0 Å². The molecule has 0 unspecified atom stereocenters. The fourth-order valence-corrected chi connectivity index (χ4v) is 1.66. The van der Waals surface area contributed by atoms with Gasteiger partial charge in [-0.05, 0) is 29.0 Å². The minimum Gasteiger partial charge on any atom is -0.383 e. The molecular formula is C11H18BrN3O2. The van der Waals surface area contributed by atoms with Gasteiger partial charge >= 0.3 is 0 Å². The van der Waals surface area contributed by atoms with Gasteiger partial charge in [-0.2, -0.15) is 0 Å². The predicted molar refractivity (Wildman–Crippen MR) is 70.2 cm³/mol. The Morgan fingerprint density at radius 2 is 2.35 bits per heavy atom. The molecule has 0 aromatic carbocycles. The SMILES string of the molecule is COCCN(C)CCNC(=O)c1cc(Br)c[nH]1. The first-order valence-corrected chi connectivity index (χ1v) is 6.22. The fraction of sp³-hybridized carbons (Fsp3) is 0.545. The number of aromatic nitrogens is 1. The summed E-state index contributed by atoms with van der Waals surface area (Å²) in [4.78, 5) is 16.6. The van der Waals surface area contributed by atoms with Crippen LogP contribution < -0.4 is 5.32 Å². The highest BCUT2D eigenvalue weighted by molar-refractivity contribution is 9.10. The number of halogens is 1. The molecule has 1 heterocycles. The Balaban J connectivity index is 2.20. The maximum atomic E-state index is 11.6. The van der Waals surface area contributed by atoms with Crippen molar-refractivity contribution in [3.05, 3.63) is 22.4 Å². The summed E-state index contributed by atoms with van der Waals surface area (Å²) in [6, 6.07) is 1.75. The summed E-state index contributed by atoms with van der Waals surface area (Å²) in [5, 5.41) is 2.85. The standard InChI is InChI=1S/C11H18BrN3O2/c1-15(5-6-17-2)4-3-13-11(16)10-7-9(12)8-14-10/h7-8,14H,3-6H2,1-2H3,(H,13,16). The van der Waals surface area contributed by atoms with E-state index in [-0.39, 0.29) is 5.91 Å². The first-order valence-electron chi connectivity index (χ1n) is 5.43. The summed E-state index contributed by atoms with van der Waals surface area (Å²) in [6.07, 6.45) is 1.74. The first kappa shape index (κ1) is 14.2. The van der Waals surface area contributed by atoms with Gasteiger partial charge in [0, 0.05) is 37.4 Å². The lowest BCUT2D eigenvalue weighted by atomic mass is 10.4. The molecule has 0 aliphatic heterocycles. The van der Waals surface area contributed by atoms with Crippen molar-refractivity contribution in [1.82, 2.24) is 15.2 Å². The molecular weight excluding hydrogens is 286 g/mol. The zero-order chi connectivity index (χ0) is 12.7. The highest BCUT2D eigenvalue weighted by atomic mass is 79.9. The minimum atomic E-state index is -0.0872. The topological polar surface area (TPSA) is 57.4 Å². The molecule has 0 aliphatic rings. The molecule has 6 heteroatoms. The molecule has 0 saturated heterocycles. The second-order valence-electron chi connectivity index (χ2n) is 3.78. The number of H-pyrrole nitrogens is 1. The summed E-state index contributed by atoms with van der Waals surface area (Å²) >= 11 is 3.29. The minimum absolute atomic E-state index is 0.0872. The molecule has 2 N–H and O–H groups in total. The van der Waals surface area contributed by atoms with Crippen molar-refractivity contribution in [2.75, 3.05) is 40.4 Å². The zero-order valence-electron chi connectivity index (χ0n) is 10.1. The number of aromatic amines is 1. The van der Waals surface area contributed by atoms with Crippen molar-refractivity contribution in [3.63, 3.8) is 0 Å². The summed E-state index contributed by atoms with van der Waals surface area (Å²) in [5.41, 5.74) is 0.566. The van der Waals surface area contributed by atoms with Crippen LogP contribution in [0.1, 0.15) is 10.5 Å². The molecule has 96 valence electrons. The number of carbonyl (C=O) groups is 1. The molecule has 1 amide bonds. The molecule has 0 spiro atoms. The van der Waals surface area contributed by atoms with E-state index in [0.717, 1.165) is 17.6 Å². The number of rotatable bonds is 7. The monoisotopic (exact) mass is 303 g/mol. The summed E-state index contributed by atoms with van der Waals surface area (Å²) in [5.74, 6) is -0.0872. The number of amides is 1. The Morgan fingerprint density at radius 3 is 2.94 bits per heavy atom. The third-order valence-corrected chi connectivity index (χ3v) is 2.81. The van der Waals surface area contributed by atoms with E-state index < -0.39 is 0 Å². The van der Waals surface area contributed by atoms with Gasteiger partial charge < -0.3 is 19.9 Å². The number of likely N-dealkylation sites (N-methyl/N-ethyl adjacent to an activating group) is 1. The molecule has 0 aliphatic carbocycles. The Kier molecular flexibility index (Phi) is 6.25. The molecule has 0 fully saturated rings. The van der Waals surface area contributed by atoms with Gasteiger partial charge in [-0.15, -0.1) is 0 Å². The van der Waals surface area contributed by atoms with Crippen molar-refractivity contribution in [2.45, 2.75) is 0 Å². The smallest absolute Gasteiger partial charge is 0.267 e. The Hall–Kier alpha value is -0.850. The number of carbonyl (C=O) groups excluding carboxylic acids is 1. The van der Waals surface area contributed by atoms with Gasteiger partial charge in [0.2, 0.25) is 0 Å². The number of nitrogens with one attached hydrogen (secondary N) is 2. The Labute approximate surface area is 110 Å². The van der Waals surface area contributed by atoms with Gasteiger partial charge in [0.1, 0.15) is 5.69 Å². The maximum Gasteiger partial charge on any atom is 0.267 e. The Morgan fingerprint density at radius 1 is 1.59 bits per heavy atom. The Bertz CT molecular complexity index is 354. The van der Waals surface area contributed by atoms with E-state index >= 15 is 0 Å². The third kappa shape index (κ3) is 5.34. The van der Waals surface area contributed by atoms with Crippen molar-refractivity contribution >= 4 is 21.8 Å². The van der Waals surface area contributed by atoms with Gasteiger partial charge in [0.05, 0.1) is 6.61 Å². The summed E-state index contributed by atoms with van der Waals surface area (Å²) < 4.78 is 5.85. The molecule has 5 nitrogen and oxygen atoms in total. The van der Waals surface area contributed by atoms with Crippen molar-refractivity contribution < 1.29 is 9.53 Å². The van der Waals surface area contributed by atoms with E-state index in [2.05, 4.69) is 31.1 Å². The molecule has 1 aromatic rings. The lowest BCUT2D eigenvalue weighted by molar-refractivity contribution is 0.0943. The van der Waals surface area contributed by atoms with E-state index in [4.69, 9.17) is 4.74 Å². The molecule has 17 heavy (non-hydrogen) atoms. The fourth-order valence-electron chi connectivity index (χ4n) is 1.31. The quantitative estimate of drug-likeness (QED) is 0.793. The van der Waals surface area contributed by atoms with E-state index in [0.29, 0.717) is 18.8 Å². The van der Waals surface area contributed by atoms with Crippen LogP contribution in [-0.4, -0.2) is 56.2 Å². The van der Waals surface area contributed by atoms with Gasteiger partial charge in [-0.25, -0.2) is 0 Å².